The Hall–Kier alpha value is -4.89. The number of nitrogens with two attached hydrogens (primary N) is 2. The van der Waals surface area contributed by atoms with E-state index in [4.69, 9.17) is 11.5 Å². The smallest absolute Gasteiger partial charge is 0.305 e. The number of aliphatic carboxylic acids is 1. The molecule has 0 saturated heterocycles. The SMILES string of the molecule is CSCC[C@H](NC(=O)[C@@](C)(Cc1c[nH]c2ccccc12)NC(=O)CN)C(=O)N[C@@H](CC(=O)O)C(=O)N[C@@H](Cc1ccccc1)C(N)=O. The first-order valence-electron chi connectivity index (χ1n) is 14.9. The zero-order chi connectivity index (χ0) is 34.6. The largest absolute Gasteiger partial charge is 0.481 e. The maximum Gasteiger partial charge on any atom is 0.305 e. The maximum atomic E-state index is 13.9. The highest BCUT2D eigenvalue weighted by atomic mass is 32.2. The number of amides is 5. The van der Waals surface area contributed by atoms with Crippen LogP contribution in [0.15, 0.2) is 60.8 Å². The van der Waals surface area contributed by atoms with E-state index in [1.807, 2.05) is 24.3 Å². The lowest BCUT2D eigenvalue weighted by Crippen LogP contribution is -2.63. The molecule has 0 aliphatic heterocycles. The van der Waals surface area contributed by atoms with Crippen LogP contribution in [-0.2, 0) is 41.6 Å². The molecule has 10 N–H and O–H groups in total. The molecule has 0 radical (unpaired) electrons. The topological polar surface area (TPSA) is 239 Å². The Morgan fingerprint density at radius 2 is 1.55 bits per heavy atom. The van der Waals surface area contributed by atoms with Crippen molar-refractivity contribution in [1.82, 2.24) is 26.3 Å². The van der Waals surface area contributed by atoms with Gasteiger partial charge in [-0.1, -0.05) is 48.5 Å². The van der Waals surface area contributed by atoms with E-state index in [0.29, 0.717) is 11.3 Å². The number of fused-ring (bicyclic) bond motifs is 1. The average Bonchev–Trinajstić information content (AvgIpc) is 3.44. The van der Waals surface area contributed by atoms with Crippen LogP contribution in [0, 0.1) is 0 Å². The summed E-state index contributed by atoms with van der Waals surface area (Å²) in [6.07, 6.45) is 2.94. The molecular weight excluding hydrogens is 626 g/mol. The second-order valence-electron chi connectivity index (χ2n) is 11.2. The summed E-state index contributed by atoms with van der Waals surface area (Å²) in [4.78, 5) is 80.1. The summed E-state index contributed by atoms with van der Waals surface area (Å²) >= 11 is 1.40. The molecule has 1 aromatic heterocycles. The fourth-order valence-corrected chi connectivity index (χ4v) is 5.49. The molecule has 3 rings (SSSR count). The molecule has 0 saturated carbocycles. The van der Waals surface area contributed by atoms with Crippen molar-refractivity contribution in [3.05, 3.63) is 71.9 Å². The third kappa shape index (κ3) is 10.6. The quantitative estimate of drug-likeness (QED) is 0.0906. The van der Waals surface area contributed by atoms with E-state index in [1.54, 1.807) is 42.8 Å². The second-order valence-corrected chi connectivity index (χ2v) is 12.2. The first-order chi connectivity index (χ1) is 22.4. The van der Waals surface area contributed by atoms with Gasteiger partial charge < -0.3 is 42.8 Å². The van der Waals surface area contributed by atoms with Gasteiger partial charge in [0, 0.05) is 29.9 Å². The number of para-hydroxylation sites is 1. The van der Waals surface area contributed by atoms with Gasteiger partial charge in [0.25, 0.3) is 0 Å². The van der Waals surface area contributed by atoms with Gasteiger partial charge in [-0.3, -0.25) is 28.8 Å². The molecular formula is C32H41N7O7S. The molecule has 0 spiro atoms. The molecule has 4 atom stereocenters. The van der Waals surface area contributed by atoms with E-state index >= 15 is 0 Å². The molecule has 15 heteroatoms. The second kappa shape index (κ2) is 17.1. The normalized spacial score (nSPS) is 14.2. The van der Waals surface area contributed by atoms with Gasteiger partial charge >= 0.3 is 5.97 Å². The fourth-order valence-electron chi connectivity index (χ4n) is 5.02. The minimum absolute atomic E-state index is 0.0470. The fraction of sp³-hybridized carbons (Fsp3) is 0.375. The highest BCUT2D eigenvalue weighted by Crippen LogP contribution is 2.23. The Labute approximate surface area is 276 Å². The van der Waals surface area contributed by atoms with Crippen molar-refractivity contribution in [3.8, 4) is 0 Å². The molecule has 1 heterocycles. The third-order valence-corrected chi connectivity index (χ3v) is 8.15. The third-order valence-electron chi connectivity index (χ3n) is 7.51. The van der Waals surface area contributed by atoms with E-state index in [2.05, 4.69) is 26.3 Å². The lowest BCUT2D eigenvalue weighted by atomic mass is 9.90. The standard InChI is InChI=1S/C32H41N7O7S/c1-32(39-26(40)17-33,16-20-18-35-22-11-7-6-10-21(20)22)31(46)38-23(12-13-47-2)29(44)37-25(15-27(41)42)30(45)36-24(28(34)43)14-19-8-4-3-5-9-19/h3-11,18,23-25,35H,12-17,33H2,1-2H3,(H2,34,43)(H,36,45)(H,37,44)(H,38,46)(H,39,40)(H,41,42)/t23-,24-,25-,32+/m0/s1. The van der Waals surface area contributed by atoms with Crippen molar-refractivity contribution in [2.24, 2.45) is 11.5 Å². The molecule has 0 bridgehead atoms. The van der Waals surface area contributed by atoms with Crippen molar-refractivity contribution in [2.75, 3.05) is 18.6 Å². The first kappa shape index (κ1) is 36.6. The van der Waals surface area contributed by atoms with E-state index < -0.39 is 65.6 Å². The van der Waals surface area contributed by atoms with E-state index in [9.17, 15) is 33.9 Å². The Morgan fingerprint density at radius 3 is 2.19 bits per heavy atom. The molecule has 3 aromatic rings. The number of carbonyl (C=O) groups excluding carboxylic acids is 5. The van der Waals surface area contributed by atoms with Crippen molar-refractivity contribution in [2.45, 2.75) is 56.3 Å². The number of hydrogen-bond acceptors (Lipinski definition) is 8. The van der Waals surface area contributed by atoms with Gasteiger partial charge in [-0.05, 0) is 42.5 Å². The van der Waals surface area contributed by atoms with Crippen molar-refractivity contribution >= 4 is 58.2 Å². The Kier molecular flexibility index (Phi) is 13.3. The van der Waals surface area contributed by atoms with Crippen LogP contribution in [0.1, 0.15) is 30.9 Å². The maximum absolute atomic E-state index is 13.9. The van der Waals surface area contributed by atoms with Crippen LogP contribution < -0.4 is 32.7 Å². The van der Waals surface area contributed by atoms with Crippen molar-refractivity contribution < 1.29 is 33.9 Å². The van der Waals surface area contributed by atoms with E-state index in [-0.39, 0.29) is 25.8 Å². The van der Waals surface area contributed by atoms with Gasteiger partial charge in [0.15, 0.2) is 0 Å². The Balaban J connectivity index is 1.82. The zero-order valence-electron chi connectivity index (χ0n) is 26.2. The molecule has 0 unspecified atom stereocenters. The van der Waals surface area contributed by atoms with Crippen LogP contribution >= 0.6 is 11.8 Å². The molecule has 0 fully saturated rings. The van der Waals surface area contributed by atoms with Crippen LogP contribution in [0.25, 0.3) is 10.9 Å². The first-order valence-corrected chi connectivity index (χ1v) is 16.3. The minimum atomic E-state index is -1.60. The highest BCUT2D eigenvalue weighted by molar-refractivity contribution is 7.98. The number of thioether (sulfide) groups is 1. The predicted octanol–water partition coefficient (Wildman–Crippen LogP) is -0.0458. The number of benzene rings is 2. The molecule has 5 amide bonds. The number of H-pyrrole nitrogens is 1. The van der Waals surface area contributed by atoms with E-state index in [1.165, 1.54) is 18.7 Å². The molecule has 252 valence electrons. The van der Waals surface area contributed by atoms with E-state index in [0.717, 1.165) is 16.5 Å². The van der Waals surface area contributed by atoms with Crippen LogP contribution in [-0.4, -0.2) is 87.8 Å². The predicted molar refractivity (Wildman–Crippen MR) is 178 cm³/mol. The van der Waals surface area contributed by atoms with Gasteiger partial charge in [-0.2, -0.15) is 11.8 Å². The molecule has 47 heavy (non-hydrogen) atoms. The Bertz CT molecular complexity index is 1580. The number of nitrogens with one attached hydrogen (secondary N) is 5. The van der Waals surface area contributed by atoms with Crippen LogP contribution in [0.3, 0.4) is 0 Å². The number of hydrogen-bond donors (Lipinski definition) is 8. The molecule has 0 aliphatic carbocycles. The highest BCUT2D eigenvalue weighted by Gasteiger charge is 2.38. The summed E-state index contributed by atoms with van der Waals surface area (Å²) in [5, 5.41) is 20.6. The Morgan fingerprint density at radius 1 is 0.915 bits per heavy atom. The summed E-state index contributed by atoms with van der Waals surface area (Å²) in [6.45, 7) is 1.13. The summed E-state index contributed by atoms with van der Waals surface area (Å²) in [5.41, 5.74) is 11.8. The monoisotopic (exact) mass is 667 g/mol. The van der Waals surface area contributed by atoms with Crippen molar-refractivity contribution in [1.29, 1.82) is 0 Å². The average molecular weight is 668 g/mol. The number of carboxylic acids is 1. The molecule has 2 aromatic carbocycles. The number of rotatable bonds is 18. The number of aromatic amines is 1. The lowest BCUT2D eigenvalue weighted by Gasteiger charge is -2.32. The van der Waals surface area contributed by atoms with Crippen molar-refractivity contribution in [3.63, 3.8) is 0 Å². The summed E-state index contributed by atoms with van der Waals surface area (Å²) in [7, 11) is 0. The lowest BCUT2D eigenvalue weighted by molar-refractivity contribution is -0.141. The minimum Gasteiger partial charge on any atom is -0.481 e. The van der Waals surface area contributed by atoms with Gasteiger partial charge in [-0.25, -0.2) is 0 Å². The van der Waals surface area contributed by atoms with Crippen LogP contribution in [0.4, 0.5) is 0 Å². The number of aromatic nitrogens is 1. The molecule has 14 nitrogen and oxygen atoms in total. The number of carboxylic acid groups (broad SMARTS) is 1. The zero-order valence-corrected chi connectivity index (χ0v) is 27.0. The van der Waals surface area contributed by atoms with Gasteiger partial charge in [-0.15, -0.1) is 0 Å². The summed E-state index contributed by atoms with van der Waals surface area (Å²) < 4.78 is 0. The number of primary amides is 1. The van der Waals surface area contributed by atoms with Gasteiger partial charge in [0.05, 0.1) is 13.0 Å². The summed E-state index contributed by atoms with van der Waals surface area (Å²) in [6, 6.07) is 12.2. The van der Waals surface area contributed by atoms with Crippen LogP contribution in [0.2, 0.25) is 0 Å². The summed E-state index contributed by atoms with van der Waals surface area (Å²) in [5.74, 6) is -4.86. The van der Waals surface area contributed by atoms with Gasteiger partial charge in [0.1, 0.15) is 23.7 Å². The number of carbonyl (C=O) groups is 6. The molecule has 0 aliphatic rings. The van der Waals surface area contributed by atoms with Crippen LogP contribution in [0.5, 0.6) is 0 Å². The van der Waals surface area contributed by atoms with Gasteiger partial charge in [0.2, 0.25) is 29.5 Å².